The molecule has 0 radical (unpaired) electrons. The maximum Gasteiger partial charge on any atom is 0.124 e. The molecule has 1 aromatic heterocycles. The zero-order valence-electron chi connectivity index (χ0n) is 12.5. The molecule has 0 saturated heterocycles. The van der Waals surface area contributed by atoms with Gasteiger partial charge < -0.3 is 10.6 Å². The van der Waals surface area contributed by atoms with E-state index in [0.717, 1.165) is 29.2 Å². The summed E-state index contributed by atoms with van der Waals surface area (Å²) in [7, 11) is 1.96. The second-order valence-corrected chi connectivity index (χ2v) is 5.33. The van der Waals surface area contributed by atoms with Crippen molar-refractivity contribution < 1.29 is 0 Å². The molecule has 2 aromatic rings. The summed E-state index contributed by atoms with van der Waals surface area (Å²) in [6, 6.07) is 7.60. The third kappa shape index (κ3) is 3.03. The van der Waals surface area contributed by atoms with E-state index in [2.05, 4.69) is 5.10 Å². The van der Waals surface area contributed by atoms with Gasteiger partial charge >= 0.3 is 0 Å². The lowest BCUT2D eigenvalue weighted by Crippen LogP contribution is -2.23. The Labute approximate surface area is 129 Å². The van der Waals surface area contributed by atoms with Gasteiger partial charge in [-0.25, -0.2) is 0 Å². The van der Waals surface area contributed by atoms with Gasteiger partial charge in [-0.1, -0.05) is 23.7 Å². The quantitative estimate of drug-likeness (QED) is 0.659. The first-order valence-electron chi connectivity index (χ1n) is 6.82. The minimum atomic E-state index is 0.0590. The van der Waals surface area contributed by atoms with Gasteiger partial charge in [-0.05, 0) is 26.0 Å². The number of nitrogens with two attached hydrogens (primary N) is 1. The molecule has 112 valence electrons. The van der Waals surface area contributed by atoms with E-state index in [0.29, 0.717) is 11.6 Å². The number of nitrogens with one attached hydrogen (secondary N) is 1. The van der Waals surface area contributed by atoms with Crippen LogP contribution >= 0.6 is 11.6 Å². The molecule has 0 spiro atoms. The van der Waals surface area contributed by atoms with Crippen molar-refractivity contribution in [1.82, 2.24) is 9.78 Å². The SMILES string of the molecule is CCn1nc(C)c(Cl)c1CN(C)c1ccccc1C(=N)N. The zero-order valence-corrected chi connectivity index (χ0v) is 13.3. The molecule has 0 atom stereocenters. The Bertz CT molecular complexity index is 662. The van der Waals surface area contributed by atoms with Crippen LogP contribution in [0.15, 0.2) is 24.3 Å². The van der Waals surface area contributed by atoms with Crippen LogP contribution in [0.1, 0.15) is 23.9 Å². The van der Waals surface area contributed by atoms with E-state index in [9.17, 15) is 0 Å². The third-order valence-corrected chi connectivity index (χ3v) is 3.94. The summed E-state index contributed by atoms with van der Waals surface area (Å²) in [6.45, 7) is 5.32. The fraction of sp³-hybridized carbons (Fsp3) is 0.333. The summed E-state index contributed by atoms with van der Waals surface area (Å²) in [6.07, 6.45) is 0. The van der Waals surface area contributed by atoms with Crippen LogP contribution in [-0.4, -0.2) is 22.7 Å². The molecule has 5 nitrogen and oxygen atoms in total. The van der Waals surface area contributed by atoms with Crippen LogP contribution in [0.25, 0.3) is 0 Å². The highest BCUT2D eigenvalue weighted by Crippen LogP contribution is 2.25. The number of nitrogens with zero attached hydrogens (tertiary/aromatic N) is 3. The molecular formula is C15H20ClN5. The Morgan fingerprint density at radius 2 is 2.10 bits per heavy atom. The lowest BCUT2D eigenvalue weighted by Gasteiger charge is -2.22. The molecule has 0 unspecified atom stereocenters. The number of nitrogen functional groups attached to an aromatic ring is 1. The molecule has 1 aromatic carbocycles. The van der Waals surface area contributed by atoms with Gasteiger partial charge in [0, 0.05) is 24.8 Å². The largest absolute Gasteiger partial charge is 0.384 e. The summed E-state index contributed by atoms with van der Waals surface area (Å²) >= 11 is 6.35. The van der Waals surface area contributed by atoms with Gasteiger partial charge in [0.1, 0.15) is 5.84 Å². The number of benzene rings is 1. The lowest BCUT2D eigenvalue weighted by molar-refractivity contribution is 0.613. The molecule has 6 heteroatoms. The maximum absolute atomic E-state index is 7.68. The first kappa shape index (κ1) is 15.4. The molecule has 1 heterocycles. The van der Waals surface area contributed by atoms with Crippen molar-refractivity contribution in [1.29, 1.82) is 5.41 Å². The second-order valence-electron chi connectivity index (χ2n) is 4.95. The van der Waals surface area contributed by atoms with Crippen molar-refractivity contribution in [2.75, 3.05) is 11.9 Å². The van der Waals surface area contributed by atoms with Crippen LogP contribution in [0.2, 0.25) is 5.02 Å². The van der Waals surface area contributed by atoms with E-state index >= 15 is 0 Å². The van der Waals surface area contributed by atoms with Crippen molar-refractivity contribution in [2.24, 2.45) is 5.73 Å². The summed E-state index contributed by atoms with van der Waals surface area (Å²) in [5.41, 5.74) is 9.08. The highest BCUT2D eigenvalue weighted by molar-refractivity contribution is 6.31. The van der Waals surface area contributed by atoms with Gasteiger partial charge in [0.25, 0.3) is 0 Å². The van der Waals surface area contributed by atoms with Crippen LogP contribution in [0.5, 0.6) is 0 Å². The smallest absolute Gasteiger partial charge is 0.124 e. The minimum Gasteiger partial charge on any atom is -0.384 e. The third-order valence-electron chi connectivity index (χ3n) is 3.45. The van der Waals surface area contributed by atoms with Gasteiger partial charge in [0.2, 0.25) is 0 Å². The van der Waals surface area contributed by atoms with Gasteiger partial charge in [0.15, 0.2) is 0 Å². The van der Waals surface area contributed by atoms with Crippen molar-refractivity contribution in [2.45, 2.75) is 26.9 Å². The molecule has 0 bridgehead atoms. The minimum absolute atomic E-state index is 0.0590. The number of para-hydroxylation sites is 1. The van der Waals surface area contributed by atoms with Crippen LogP contribution in [0.4, 0.5) is 5.69 Å². The highest BCUT2D eigenvalue weighted by Gasteiger charge is 2.16. The van der Waals surface area contributed by atoms with E-state index in [1.165, 1.54) is 0 Å². The van der Waals surface area contributed by atoms with Crippen LogP contribution in [0, 0.1) is 12.3 Å². The molecule has 21 heavy (non-hydrogen) atoms. The van der Waals surface area contributed by atoms with Gasteiger partial charge in [0.05, 0.1) is 23.0 Å². The van der Waals surface area contributed by atoms with Crippen molar-refractivity contribution in [3.05, 3.63) is 46.2 Å². The Kier molecular flexibility index (Phi) is 4.53. The predicted octanol–water partition coefficient (Wildman–Crippen LogP) is 2.79. The van der Waals surface area contributed by atoms with Gasteiger partial charge in [-0.3, -0.25) is 10.1 Å². The van der Waals surface area contributed by atoms with Crippen molar-refractivity contribution in [3.63, 3.8) is 0 Å². The summed E-state index contributed by atoms with van der Waals surface area (Å²) in [5, 5.41) is 12.8. The highest BCUT2D eigenvalue weighted by atomic mass is 35.5. The van der Waals surface area contributed by atoms with E-state index < -0.39 is 0 Å². The van der Waals surface area contributed by atoms with Gasteiger partial charge in [-0.15, -0.1) is 0 Å². The fourth-order valence-corrected chi connectivity index (χ4v) is 2.56. The Hall–Kier alpha value is -2.01. The second kappa shape index (κ2) is 6.18. The number of halogens is 1. The zero-order chi connectivity index (χ0) is 15.6. The van der Waals surface area contributed by atoms with E-state index in [4.69, 9.17) is 22.7 Å². The van der Waals surface area contributed by atoms with Crippen molar-refractivity contribution in [3.8, 4) is 0 Å². The number of amidine groups is 1. The van der Waals surface area contributed by atoms with Crippen LogP contribution < -0.4 is 10.6 Å². The maximum atomic E-state index is 7.68. The number of aromatic nitrogens is 2. The normalized spacial score (nSPS) is 10.7. The molecule has 2 rings (SSSR count). The monoisotopic (exact) mass is 305 g/mol. The molecule has 0 fully saturated rings. The number of hydrogen-bond acceptors (Lipinski definition) is 3. The van der Waals surface area contributed by atoms with Gasteiger partial charge in [-0.2, -0.15) is 5.10 Å². The number of aryl methyl sites for hydroxylation is 2. The Morgan fingerprint density at radius 1 is 1.43 bits per heavy atom. The van der Waals surface area contributed by atoms with Crippen LogP contribution in [0.3, 0.4) is 0 Å². The summed E-state index contributed by atoms with van der Waals surface area (Å²) in [4.78, 5) is 2.03. The van der Waals surface area contributed by atoms with E-state index in [1.54, 1.807) is 0 Å². The number of anilines is 1. The number of hydrogen-bond donors (Lipinski definition) is 2. The molecule has 3 N–H and O–H groups in total. The standard InChI is InChI=1S/C15H20ClN5/c1-4-21-13(14(16)10(2)19-21)9-20(3)12-8-6-5-7-11(12)15(17)18/h5-8H,4,9H2,1-3H3,(H3,17,18). The number of rotatable bonds is 5. The Morgan fingerprint density at radius 3 is 2.71 bits per heavy atom. The molecule has 0 saturated carbocycles. The lowest BCUT2D eigenvalue weighted by atomic mass is 10.1. The molecular weight excluding hydrogens is 286 g/mol. The molecule has 0 aliphatic heterocycles. The van der Waals surface area contributed by atoms with Crippen molar-refractivity contribution >= 4 is 23.1 Å². The molecule has 0 aliphatic rings. The topological polar surface area (TPSA) is 70.9 Å². The summed E-state index contributed by atoms with van der Waals surface area (Å²) in [5.74, 6) is 0.0590. The first-order valence-corrected chi connectivity index (χ1v) is 7.19. The van der Waals surface area contributed by atoms with E-state index in [-0.39, 0.29) is 5.84 Å². The predicted molar refractivity (Wildman–Crippen MR) is 87.2 cm³/mol. The summed E-state index contributed by atoms with van der Waals surface area (Å²) < 4.78 is 1.91. The molecule has 0 aliphatic carbocycles. The Balaban J connectivity index is 2.35. The molecule has 0 amide bonds. The fourth-order valence-electron chi connectivity index (χ4n) is 2.36. The average Bonchev–Trinajstić information content (AvgIpc) is 2.74. The van der Waals surface area contributed by atoms with E-state index in [1.807, 2.05) is 54.7 Å². The first-order chi connectivity index (χ1) is 9.95. The average molecular weight is 306 g/mol. The van der Waals surface area contributed by atoms with Crippen LogP contribution in [-0.2, 0) is 13.1 Å².